The maximum Gasteiger partial charge on any atom is 0.226 e. The zero-order valence-corrected chi connectivity index (χ0v) is 16.6. The first-order valence-electron chi connectivity index (χ1n) is 9.73. The first kappa shape index (κ1) is 17.6. The van der Waals surface area contributed by atoms with E-state index >= 15 is 0 Å². The fraction of sp³-hybridized carbons (Fsp3) is 0.450. The van der Waals surface area contributed by atoms with Crippen LogP contribution in [-0.4, -0.2) is 44.3 Å². The second kappa shape index (κ2) is 6.51. The summed E-state index contributed by atoms with van der Waals surface area (Å²) >= 11 is 6.41. The van der Waals surface area contributed by atoms with E-state index in [2.05, 4.69) is 30.0 Å². The number of amides is 1. The topological polar surface area (TPSA) is 78.8 Å². The molecule has 0 unspecified atom stereocenters. The first-order valence-corrected chi connectivity index (χ1v) is 10.1. The number of piperidine rings is 1. The van der Waals surface area contributed by atoms with Crippen molar-refractivity contribution in [2.75, 3.05) is 18.0 Å². The number of aromatic amines is 1. The molecule has 0 radical (unpaired) electrons. The number of nitrogens with zero attached hydrogens (tertiary/aromatic N) is 4. The van der Waals surface area contributed by atoms with E-state index < -0.39 is 0 Å². The van der Waals surface area contributed by atoms with E-state index in [1.54, 1.807) is 0 Å². The lowest BCUT2D eigenvalue weighted by Gasteiger charge is -2.39. The summed E-state index contributed by atoms with van der Waals surface area (Å²) in [5.74, 6) is 1.98. The molecule has 0 bridgehead atoms. The highest BCUT2D eigenvalue weighted by Crippen LogP contribution is 2.33. The second-order valence-corrected chi connectivity index (χ2v) is 8.35. The van der Waals surface area contributed by atoms with E-state index in [0.29, 0.717) is 12.8 Å². The zero-order chi connectivity index (χ0) is 19.3. The Labute approximate surface area is 168 Å². The molecule has 3 aromatic rings. The molecular formula is C20H23ClN6O. The summed E-state index contributed by atoms with van der Waals surface area (Å²) in [7, 11) is 2.02. The molecule has 2 N–H and O–H groups in total. The highest BCUT2D eigenvalue weighted by Gasteiger charge is 2.40. The molecule has 146 valence electrons. The van der Waals surface area contributed by atoms with Crippen LogP contribution in [0.4, 0.5) is 5.95 Å². The lowest BCUT2D eigenvalue weighted by molar-refractivity contribution is -0.119. The number of hydrogen-bond donors (Lipinski definition) is 2. The van der Waals surface area contributed by atoms with Gasteiger partial charge in [-0.05, 0) is 37.0 Å². The molecule has 2 fully saturated rings. The highest BCUT2D eigenvalue weighted by atomic mass is 35.5. The third kappa shape index (κ3) is 2.85. The van der Waals surface area contributed by atoms with Gasteiger partial charge in [-0.3, -0.25) is 4.79 Å². The third-order valence-corrected chi connectivity index (χ3v) is 6.58. The normalized spacial score (nSPS) is 18.9. The molecule has 8 heteroatoms. The summed E-state index contributed by atoms with van der Waals surface area (Å²) in [5.41, 5.74) is 2.15. The quantitative estimate of drug-likeness (QED) is 0.711. The van der Waals surface area contributed by atoms with Gasteiger partial charge in [0, 0.05) is 55.6 Å². The van der Waals surface area contributed by atoms with E-state index in [1.165, 1.54) is 0 Å². The lowest BCUT2D eigenvalue weighted by atomic mass is 9.86. The van der Waals surface area contributed by atoms with Crippen molar-refractivity contribution < 1.29 is 4.79 Å². The maximum absolute atomic E-state index is 11.6. The Hall–Kier alpha value is -2.54. The second-order valence-electron chi connectivity index (χ2n) is 7.94. The number of carbonyl (C=O) groups is 1. The molecule has 1 spiro atoms. The van der Waals surface area contributed by atoms with Gasteiger partial charge in [-0.2, -0.15) is 0 Å². The molecular weight excluding hydrogens is 376 g/mol. The number of halogens is 1. The monoisotopic (exact) mass is 398 g/mol. The molecule has 1 amide bonds. The number of carbonyl (C=O) groups excluding carboxylic acids is 1. The standard InChI is InChI=1S/C20H23ClN6O/c1-26-16(11-13-12-22-15-4-2-3-14(21)18(13)15)24-25-19(26)27-9-7-20(8-10-27)6-5-17(28)23-20/h2-4,12,22H,5-11H2,1H3,(H,23,28). The van der Waals surface area contributed by atoms with Crippen LogP contribution in [0.25, 0.3) is 10.9 Å². The average molecular weight is 399 g/mol. The van der Waals surface area contributed by atoms with Crippen LogP contribution >= 0.6 is 11.6 Å². The van der Waals surface area contributed by atoms with Gasteiger partial charge in [0.05, 0.1) is 5.02 Å². The molecule has 28 heavy (non-hydrogen) atoms. The highest BCUT2D eigenvalue weighted by molar-refractivity contribution is 6.35. The molecule has 1 aromatic carbocycles. The van der Waals surface area contributed by atoms with Crippen molar-refractivity contribution in [2.45, 2.75) is 37.6 Å². The molecule has 0 aliphatic carbocycles. The summed E-state index contributed by atoms with van der Waals surface area (Å²) < 4.78 is 2.07. The Bertz CT molecular complexity index is 1050. The number of rotatable bonds is 3. The number of fused-ring (bicyclic) bond motifs is 1. The van der Waals surface area contributed by atoms with Gasteiger partial charge in [0.2, 0.25) is 11.9 Å². The van der Waals surface area contributed by atoms with E-state index in [1.807, 2.05) is 31.4 Å². The Morgan fingerprint density at radius 1 is 1.21 bits per heavy atom. The van der Waals surface area contributed by atoms with Crippen LogP contribution in [-0.2, 0) is 18.3 Å². The van der Waals surface area contributed by atoms with Gasteiger partial charge in [-0.1, -0.05) is 17.7 Å². The molecule has 0 atom stereocenters. The maximum atomic E-state index is 11.6. The minimum absolute atomic E-state index is 0.00417. The predicted molar refractivity (Wildman–Crippen MR) is 109 cm³/mol. The van der Waals surface area contributed by atoms with Crippen molar-refractivity contribution in [1.29, 1.82) is 0 Å². The minimum Gasteiger partial charge on any atom is -0.361 e. The van der Waals surface area contributed by atoms with Gasteiger partial charge in [0.1, 0.15) is 5.82 Å². The lowest BCUT2D eigenvalue weighted by Crippen LogP contribution is -2.51. The number of benzene rings is 1. The van der Waals surface area contributed by atoms with Gasteiger partial charge < -0.3 is 19.8 Å². The fourth-order valence-corrected chi connectivity index (χ4v) is 4.88. The van der Waals surface area contributed by atoms with Gasteiger partial charge >= 0.3 is 0 Å². The van der Waals surface area contributed by atoms with Crippen LogP contribution < -0.4 is 10.2 Å². The number of hydrogen-bond acceptors (Lipinski definition) is 4. The van der Waals surface area contributed by atoms with Crippen molar-refractivity contribution in [1.82, 2.24) is 25.1 Å². The summed E-state index contributed by atoms with van der Waals surface area (Å²) in [6.07, 6.45) is 6.18. The van der Waals surface area contributed by atoms with Crippen LogP contribution in [0.1, 0.15) is 37.1 Å². The molecule has 4 heterocycles. The smallest absolute Gasteiger partial charge is 0.226 e. The van der Waals surface area contributed by atoms with E-state index in [-0.39, 0.29) is 11.4 Å². The zero-order valence-electron chi connectivity index (χ0n) is 15.8. The predicted octanol–water partition coefficient (Wildman–Crippen LogP) is 2.79. The van der Waals surface area contributed by atoms with Crippen LogP contribution in [0.3, 0.4) is 0 Å². The first-order chi connectivity index (χ1) is 13.5. The average Bonchev–Trinajstić information content (AvgIpc) is 3.37. The van der Waals surface area contributed by atoms with Crippen LogP contribution in [0.2, 0.25) is 5.02 Å². The van der Waals surface area contributed by atoms with Gasteiger partial charge in [0.25, 0.3) is 0 Å². The van der Waals surface area contributed by atoms with E-state index in [4.69, 9.17) is 11.6 Å². The molecule has 2 saturated heterocycles. The summed E-state index contributed by atoms with van der Waals surface area (Å²) in [6.45, 7) is 1.76. The SMILES string of the molecule is Cn1c(Cc2c[nH]c3cccc(Cl)c23)nnc1N1CCC2(CCC(=O)N2)CC1. The van der Waals surface area contributed by atoms with Gasteiger partial charge in [-0.25, -0.2) is 0 Å². The largest absolute Gasteiger partial charge is 0.361 e. The van der Waals surface area contributed by atoms with Gasteiger partial charge in [-0.15, -0.1) is 10.2 Å². The Morgan fingerprint density at radius 3 is 2.79 bits per heavy atom. The summed E-state index contributed by atoms with van der Waals surface area (Å²) in [5, 5.41) is 13.9. The van der Waals surface area contributed by atoms with E-state index in [0.717, 1.165) is 65.6 Å². The van der Waals surface area contributed by atoms with Crippen LogP contribution in [0.5, 0.6) is 0 Å². The summed E-state index contributed by atoms with van der Waals surface area (Å²) in [4.78, 5) is 17.2. The number of aromatic nitrogens is 4. The molecule has 2 aliphatic rings. The molecule has 7 nitrogen and oxygen atoms in total. The number of H-pyrrole nitrogens is 1. The molecule has 2 aromatic heterocycles. The number of anilines is 1. The molecule has 0 saturated carbocycles. The van der Waals surface area contributed by atoms with Crippen molar-refractivity contribution in [3.8, 4) is 0 Å². The minimum atomic E-state index is -0.00417. The Kier molecular flexibility index (Phi) is 4.08. The third-order valence-electron chi connectivity index (χ3n) is 6.27. The van der Waals surface area contributed by atoms with Crippen molar-refractivity contribution in [3.63, 3.8) is 0 Å². The Morgan fingerprint density at radius 2 is 2.04 bits per heavy atom. The molecule has 2 aliphatic heterocycles. The number of nitrogens with one attached hydrogen (secondary N) is 2. The fourth-order valence-electron chi connectivity index (χ4n) is 4.58. The molecule has 5 rings (SSSR count). The van der Waals surface area contributed by atoms with Crippen LogP contribution in [0, 0.1) is 0 Å². The van der Waals surface area contributed by atoms with Crippen molar-refractivity contribution in [3.05, 3.63) is 40.8 Å². The van der Waals surface area contributed by atoms with Crippen molar-refractivity contribution in [2.24, 2.45) is 7.05 Å². The Balaban J connectivity index is 1.35. The van der Waals surface area contributed by atoms with Gasteiger partial charge in [0.15, 0.2) is 0 Å². The van der Waals surface area contributed by atoms with E-state index in [9.17, 15) is 4.79 Å². The van der Waals surface area contributed by atoms with Crippen LogP contribution in [0.15, 0.2) is 24.4 Å². The summed E-state index contributed by atoms with van der Waals surface area (Å²) in [6, 6.07) is 5.88. The van der Waals surface area contributed by atoms with Crippen molar-refractivity contribution >= 4 is 34.4 Å².